The minimum absolute atomic E-state index is 0.0514. The van der Waals surface area contributed by atoms with Gasteiger partial charge in [-0.15, -0.1) is 21.5 Å². The van der Waals surface area contributed by atoms with Crippen LogP contribution in [0.5, 0.6) is 0 Å². The van der Waals surface area contributed by atoms with Crippen molar-refractivity contribution in [2.45, 2.75) is 83.6 Å². The average molecular weight is 563 g/mol. The van der Waals surface area contributed by atoms with Gasteiger partial charge in [0.2, 0.25) is 17.7 Å². The van der Waals surface area contributed by atoms with E-state index in [9.17, 15) is 18.0 Å². The Kier molecular flexibility index (Phi) is 7.11. The van der Waals surface area contributed by atoms with E-state index >= 15 is 0 Å². The molecule has 1 N–H and O–H groups in total. The highest BCUT2D eigenvalue weighted by Crippen LogP contribution is 2.36. The van der Waals surface area contributed by atoms with E-state index in [0.717, 1.165) is 66.3 Å². The maximum absolute atomic E-state index is 13.4. The number of alkyl halides is 3. The summed E-state index contributed by atoms with van der Waals surface area (Å²) in [6, 6.07) is 2.16. The number of halogens is 3. The summed E-state index contributed by atoms with van der Waals surface area (Å²) in [6.45, 7) is 4.18. The molecular weight excluding hydrogens is 529 g/mol. The van der Waals surface area contributed by atoms with E-state index in [4.69, 9.17) is 9.97 Å². The van der Waals surface area contributed by atoms with Crippen LogP contribution in [0, 0.1) is 5.92 Å². The molecule has 1 atom stereocenters. The molecule has 6 rings (SSSR count). The molecule has 0 radical (unpaired) electrons. The maximum atomic E-state index is 13.4. The molecule has 1 saturated heterocycles. The van der Waals surface area contributed by atoms with Gasteiger partial charge in [-0.3, -0.25) is 4.79 Å². The Morgan fingerprint density at radius 3 is 2.67 bits per heavy atom. The van der Waals surface area contributed by atoms with Gasteiger partial charge in [0.05, 0.1) is 11.9 Å². The van der Waals surface area contributed by atoms with E-state index in [1.54, 1.807) is 11.3 Å². The highest BCUT2D eigenvalue weighted by atomic mass is 32.1. The molecule has 3 aliphatic rings. The number of anilines is 2. The van der Waals surface area contributed by atoms with Crippen molar-refractivity contribution in [2.24, 2.45) is 5.92 Å². The summed E-state index contributed by atoms with van der Waals surface area (Å²) in [6.07, 6.45) is 3.62. The van der Waals surface area contributed by atoms with E-state index in [1.165, 1.54) is 11.3 Å². The van der Waals surface area contributed by atoms with E-state index in [-0.39, 0.29) is 36.8 Å². The van der Waals surface area contributed by atoms with E-state index in [1.807, 2.05) is 4.90 Å². The molecule has 2 aliphatic heterocycles. The quantitative estimate of drug-likeness (QED) is 0.471. The Bertz CT molecular complexity index is 1350. The molecule has 210 valence electrons. The number of hydrogen-bond acceptors (Lipinski definition) is 8. The highest BCUT2D eigenvalue weighted by Gasteiger charge is 2.40. The van der Waals surface area contributed by atoms with Gasteiger partial charge in [0.15, 0.2) is 5.82 Å². The summed E-state index contributed by atoms with van der Waals surface area (Å²) in [5.74, 6) is 0.916. The largest absolute Gasteiger partial charge is 0.451 e. The van der Waals surface area contributed by atoms with Crippen molar-refractivity contribution in [3.63, 3.8) is 0 Å². The molecule has 39 heavy (non-hydrogen) atoms. The van der Waals surface area contributed by atoms with Gasteiger partial charge in [0.1, 0.15) is 10.6 Å². The second kappa shape index (κ2) is 10.5. The van der Waals surface area contributed by atoms with Crippen molar-refractivity contribution in [3.05, 3.63) is 22.6 Å². The molecule has 0 spiro atoms. The molecule has 1 aliphatic carbocycles. The minimum atomic E-state index is -4.54. The van der Waals surface area contributed by atoms with Crippen LogP contribution in [-0.4, -0.2) is 56.3 Å². The first-order valence-corrected chi connectivity index (χ1v) is 14.7. The van der Waals surface area contributed by atoms with Gasteiger partial charge >= 0.3 is 6.18 Å². The van der Waals surface area contributed by atoms with Gasteiger partial charge in [0.25, 0.3) is 0 Å². The lowest BCUT2D eigenvalue weighted by molar-refractivity contribution is -0.147. The van der Waals surface area contributed by atoms with E-state index in [2.05, 4.69) is 33.4 Å². The predicted molar refractivity (Wildman–Crippen MR) is 143 cm³/mol. The van der Waals surface area contributed by atoms with Crippen molar-refractivity contribution in [1.82, 2.24) is 30.0 Å². The predicted octanol–water partition coefficient (Wildman–Crippen LogP) is 4.55. The number of nitrogens with one attached hydrogen (secondary N) is 1. The number of rotatable bonds is 6. The summed E-state index contributed by atoms with van der Waals surface area (Å²) in [5.41, 5.74) is 0. The van der Waals surface area contributed by atoms with E-state index < -0.39 is 12.0 Å². The van der Waals surface area contributed by atoms with Crippen LogP contribution in [0.1, 0.15) is 68.4 Å². The normalized spacial score (nSPS) is 20.6. The summed E-state index contributed by atoms with van der Waals surface area (Å²) < 4.78 is 41.3. The first kappa shape index (κ1) is 26.3. The van der Waals surface area contributed by atoms with Crippen LogP contribution >= 0.6 is 11.3 Å². The first-order chi connectivity index (χ1) is 18.8. The Hall–Kier alpha value is -2.96. The lowest BCUT2D eigenvalue weighted by atomic mass is 9.88. The lowest BCUT2D eigenvalue weighted by Gasteiger charge is -2.30. The van der Waals surface area contributed by atoms with Crippen LogP contribution in [0.4, 0.5) is 24.9 Å². The van der Waals surface area contributed by atoms with Crippen molar-refractivity contribution in [2.75, 3.05) is 29.4 Å². The first-order valence-electron chi connectivity index (χ1n) is 13.9. The number of aryl methyl sites for hydroxylation is 1. The van der Waals surface area contributed by atoms with Crippen molar-refractivity contribution in [1.29, 1.82) is 0 Å². The van der Waals surface area contributed by atoms with Crippen molar-refractivity contribution < 1.29 is 18.0 Å². The van der Waals surface area contributed by atoms with Gasteiger partial charge in [0, 0.05) is 43.0 Å². The summed E-state index contributed by atoms with van der Waals surface area (Å²) in [7, 11) is 0. The molecule has 0 bridgehead atoms. The van der Waals surface area contributed by atoms with Crippen LogP contribution < -0.4 is 15.1 Å². The summed E-state index contributed by atoms with van der Waals surface area (Å²) in [5, 5.41) is 11.4. The smallest absolute Gasteiger partial charge is 0.351 e. The number of hydrogen-bond donors (Lipinski definition) is 1. The zero-order chi connectivity index (χ0) is 27.1. The second-order valence-corrected chi connectivity index (χ2v) is 11.9. The third-order valence-corrected chi connectivity index (χ3v) is 9.10. The third kappa shape index (κ3) is 5.29. The molecule has 2 fully saturated rings. The molecule has 0 unspecified atom stereocenters. The molecule has 1 amide bonds. The molecule has 13 heteroatoms. The van der Waals surface area contributed by atoms with Crippen molar-refractivity contribution in [3.8, 4) is 0 Å². The Morgan fingerprint density at radius 1 is 1.08 bits per heavy atom. The molecule has 3 aromatic rings. The van der Waals surface area contributed by atoms with Crippen molar-refractivity contribution >= 4 is 39.2 Å². The third-order valence-electron chi connectivity index (χ3n) is 8.01. The van der Waals surface area contributed by atoms with Crippen LogP contribution in [0.3, 0.4) is 0 Å². The fourth-order valence-corrected chi connectivity index (χ4v) is 7.11. The molecule has 5 heterocycles. The number of carbonyl (C=O) groups excluding carboxylic acids is 1. The Labute approximate surface area is 228 Å². The SMILES string of the molecule is CCCc1cc2c(N3CCn4c(nnc4C(F)(F)F)C3)nc(N3CC[C@H](NC(=O)C4CCCCC4)C3)nc2s1. The number of carbonyl (C=O) groups is 1. The topological polar surface area (TPSA) is 92.1 Å². The maximum Gasteiger partial charge on any atom is 0.451 e. The van der Waals surface area contributed by atoms with Crippen LogP contribution in [0.15, 0.2) is 6.07 Å². The highest BCUT2D eigenvalue weighted by molar-refractivity contribution is 7.18. The zero-order valence-corrected chi connectivity index (χ0v) is 22.8. The monoisotopic (exact) mass is 562 g/mol. The van der Waals surface area contributed by atoms with Crippen LogP contribution in [0.25, 0.3) is 10.2 Å². The number of nitrogens with zero attached hydrogens (tertiary/aromatic N) is 7. The van der Waals surface area contributed by atoms with Gasteiger partial charge in [-0.1, -0.05) is 32.6 Å². The standard InChI is InChI=1S/C26H33F3N8OS/c1-2-6-18-13-19-21(35-11-12-37-20(15-35)33-34-24(37)26(27,28)29)31-25(32-23(19)39-18)36-10-9-17(14-36)30-22(38)16-7-4-3-5-8-16/h13,16-17H,2-12,14-15H2,1H3,(H,30,38)/t17-/m0/s1. The van der Waals surface area contributed by atoms with E-state index in [0.29, 0.717) is 24.9 Å². The fraction of sp³-hybridized carbons (Fsp3) is 0.654. The van der Waals surface area contributed by atoms with Crippen LogP contribution in [0.2, 0.25) is 0 Å². The average Bonchev–Trinajstić information content (AvgIpc) is 3.66. The summed E-state index contributed by atoms with van der Waals surface area (Å²) in [4.78, 5) is 28.9. The minimum Gasteiger partial charge on any atom is -0.351 e. The number of thiophene rings is 1. The number of amides is 1. The number of aromatic nitrogens is 5. The molecular formula is C26H33F3N8OS. The zero-order valence-electron chi connectivity index (χ0n) is 22.0. The molecule has 9 nitrogen and oxygen atoms in total. The van der Waals surface area contributed by atoms with Crippen LogP contribution in [-0.2, 0) is 30.5 Å². The van der Waals surface area contributed by atoms with Gasteiger partial charge in [-0.2, -0.15) is 18.2 Å². The summed E-state index contributed by atoms with van der Waals surface area (Å²) >= 11 is 1.64. The molecule has 0 aromatic carbocycles. The fourth-order valence-electron chi connectivity index (χ4n) is 5.99. The lowest BCUT2D eigenvalue weighted by Crippen LogP contribution is -2.41. The number of fused-ring (bicyclic) bond motifs is 2. The molecule has 3 aromatic heterocycles. The second-order valence-electron chi connectivity index (χ2n) is 10.8. The molecule has 1 saturated carbocycles. The Balaban J connectivity index is 1.25. The van der Waals surface area contributed by atoms with Gasteiger partial charge < -0.3 is 19.7 Å². The Morgan fingerprint density at radius 2 is 1.90 bits per heavy atom. The van der Waals surface area contributed by atoms with Gasteiger partial charge in [-0.05, 0) is 31.7 Å². The van der Waals surface area contributed by atoms with Gasteiger partial charge in [-0.25, -0.2) is 4.98 Å².